The number of rotatable bonds is 4. The number of ketones is 1. The van der Waals surface area contributed by atoms with E-state index in [0.717, 1.165) is 36.0 Å². The van der Waals surface area contributed by atoms with Crippen LogP contribution in [-0.4, -0.2) is 35.4 Å². The molecule has 0 radical (unpaired) electrons. The number of likely N-dealkylation sites (tertiary alicyclic amines) is 1. The topological polar surface area (TPSA) is 40.5 Å². The van der Waals surface area contributed by atoms with Crippen LogP contribution in [-0.2, 0) is 0 Å². The van der Waals surface area contributed by atoms with Crippen LogP contribution >= 0.6 is 0 Å². The lowest BCUT2D eigenvalue weighted by molar-refractivity contribution is 0.0884. The number of fused-ring (bicyclic) bond motifs is 1. The molecule has 0 saturated carbocycles. The monoisotopic (exact) mass is 297 g/mol. The van der Waals surface area contributed by atoms with E-state index >= 15 is 0 Å². The molecule has 22 heavy (non-hydrogen) atoms. The molecule has 2 aromatic carbocycles. The molecule has 1 saturated heterocycles. The zero-order valence-corrected chi connectivity index (χ0v) is 13.1. The Kier molecular flexibility index (Phi) is 4.44. The van der Waals surface area contributed by atoms with Crippen LogP contribution in [0, 0.1) is 5.92 Å². The molecule has 1 heterocycles. The van der Waals surface area contributed by atoms with E-state index in [1.165, 1.54) is 19.3 Å². The van der Waals surface area contributed by atoms with Crippen molar-refractivity contribution in [3.63, 3.8) is 0 Å². The minimum atomic E-state index is 0.0210. The van der Waals surface area contributed by atoms with E-state index in [-0.39, 0.29) is 17.5 Å². The van der Waals surface area contributed by atoms with Crippen molar-refractivity contribution in [3.8, 4) is 5.75 Å². The van der Waals surface area contributed by atoms with Crippen molar-refractivity contribution in [2.24, 2.45) is 5.92 Å². The highest BCUT2D eigenvalue weighted by molar-refractivity contribution is 6.01. The van der Waals surface area contributed by atoms with Gasteiger partial charge in [-0.2, -0.15) is 0 Å². The van der Waals surface area contributed by atoms with Gasteiger partial charge in [-0.15, -0.1) is 0 Å². The zero-order valence-electron chi connectivity index (χ0n) is 13.1. The van der Waals surface area contributed by atoms with Crippen LogP contribution in [0.25, 0.3) is 10.8 Å². The van der Waals surface area contributed by atoms with E-state index in [4.69, 9.17) is 0 Å². The minimum absolute atomic E-state index is 0.0210. The molecule has 3 heteroatoms. The van der Waals surface area contributed by atoms with Gasteiger partial charge in [-0.1, -0.05) is 31.5 Å². The predicted molar refractivity (Wildman–Crippen MR) is 89.4 cm³/mol. The molecule has 1 aliphatic heterocycles. The average Bonchev–Trinajstić information content (AvgIpc) is 2.54. The molecule has 1 unspecified atom stereocenters. The van der Waals surface area contributed by atoms with Crippen molar-refractivity contribution in [3.05, 3.63) is 42.0 Å². The van der Waals surface area contributed by atoms with E-state index in [1.54, 1.807) is 12.1 Å². The van der Waals surface area contributed by atoms with Crippen LogP contribution in [0.2, 0.25) is 0 Å². The fourth-order valence-electron chi connectivity index (χ4n) is 3.28. The van der Waals surface area contributed by atoms with Crippen molar-refractivity contribution < 1.29 is 9.90 Å². The molecule has 0 amide bonds. The van der Waals surface area contributed by atoms with Crippen molar-refractivity contribution in [1.29, 1.82) is 0 Å². The molecule has 116 valence electrons. The van der Waals surface area contributed by atoms with Crippen molar-refractivity contribution in [2.45, 2.75) is 26.2 Å². The predicted octanol–water partition coefficient (Wildman–Crippen LogP) is 3.85. The fraction of sp³-hybridized carbons (Fsp3) is 0.421. The molecule has 0 spiro atoms. The van der Waals surface area contributed by atoms with Crippen LogP contribution < -0.4 is 0 Å². The zero-order chi connectivity index (χ0) is 15.5. The van der Waals surface area contributed by atoms with Crippen molar-refractivity contribution >= 4 is 16.6 Å². The average molecular weight is 297 g/mol. The molecule has 1 atom stereocenters. The second kappa shape index (κ2) is 6.49. The summed E-state index contributed by atoms with van der Waals surface area (Å²) in [4.78, 5) is 15.1. The molecule has 3 rings (SSSR count). The van der Waals surface area contributed by atoms with Gasteiger partial charge in [0, 0.05) is 18.0 Å². The summed E-state index contributed by atoms with van der Waals surface area (Å²) in [6, 6.07) is 11.0. The van der Waals surface area contributed by atoms with E-state index in [0.29, 0.717) is 0 Å². The standard InChI is InChI=1S/C19H23NO2/c1-14(13-20-9-3-2-4-10-20)19(22)17-6-5-16-12-18(21)8-7-15(16)11-17/h5-8,11-12,14,21H,2-4,9-10,13H2,1H3. The Hall–Kier alpha value is -1.87. The van der Waals surface area contributed by atoms with Crippen LogP contribution in [0.5, 0.6) is 5.75 Å². The Morgan fingerprint density at radius 1 is 1.09 bits per heavy atom. The Labute approximate surface area is 131 Å². The number of nitrogens with zero attached hydrogens (tertiary/aromatic N) is 1. The normalized spacial score (nSPS) is 17.5. The van der Waals surface area contributed by atoms with Gasteiger partial charge in [0.15, 0.2) is 5.78 Å². The highest BCUT2D eigenvalue weighted by Gasteiger charge is 2.20. The first kappa shape index (κ1) is 15.0. The van der Waals surface area contributed by atoms with E-state index in [9.17, 15) is 9.90 Å². The van der Waals surface area contributed by atoms with Gasteiger partial charge >= 0.3 is 0 Å². The van der Waals surface area contributed by atoms with Crippen LogP contribution in [0.4, 0.5) is 0 Å². The minimum Gasteiger partial charge on any atom is -0.508 e. The van der Waals surface area contributed by atoms with Crippen molar-refractivity contribution in [2.75, 3.05) is 19.6 Å². The second-order valence-electron chi connectivity index (χ2n) is 6.37. The summed E-state index contributed by atoms with van der Waals surface area (Å²) in [5.74, 6) is 0.484. The summed E-state index contributed by atoms with van der Waals surface area (Å²) in [5.41, 5.74) is 0.766. The second-order valence-corrected chi connectivity index (χ2v) is 6.37. The molecule has 1 aliphatic rings. The molecule has 1 fully saturated rings. The summed E-state index contributed by atoms with van der Waals surface area (Å²) >= 11 is 0. The summed E-state index contributed by atoms with van der Waals surface area (Å²) in [7, 11) is 0. The van der Waals surface area contributed by atoms with Gasteiger partial charge in [-0.3, -0.25) is 4.79 Å². The van der Waals surface area contributed by atoms with Gasteiger partial charge in [0.1, 0.15) is 5.75 Å². The molecule has 3 nitrogen and oxygen atoms in total. The number of phenols is 1. The highest BCUT2D eigenvalue weighted by Crippen LogP contribution is 2.23. The number of phenolic OH excluding ortho intramolecular Hbond substituents is 1. The molecule has 0 aromatic heterocycles. The van der Waals surface area contributed by atoms with Gasteiger partial charge in [0.2, 0.25) is 0 Å². The quantitative estimate of drug-likeness (QED) is 0.871. The number of aromatic hydroxyl groups is 1. The summed E-state index contributed by atoms with van der Waals surface area (Å²) in [5, 5.41) is 11.5. The summed E-state index contributed by atoms with van der Waals surface area (Å²) < 4.78 is 0. The van der Waals surface area contributed by atoms with Gasteiger partial charge in [0.05, 0.1) is 0 Å². The third kappa shape index (κ3) is 3.30. The largest absolute Gasteiger partial charge is 0.508 e. The Balaban J connectivity index is 1.74. The first-order chi connectivity index (χ1) is 10.6. The third-order valence-electron chi connectivity index (χ3n) is 4.54. The summed E-state index contributed by atoms with van der Waals surface area (Å²) in [6.07, 6.45) is 3.82. The van der Waals surface area contributed by atoms with Crippen LogP contribution in [0.3, 0.4) is 0 Å². The van der Waals surface area contributed by atoms with E-state index in [2.05, 4.69) is 4.90 Å². The Morgan fingerprint density at radius 2 is 1.77 bits per heavy atom. The van der Waals surface area contributed by atoms with Crippen LogP contribution in [0.15, 0.2) is 36.4 Å². The van der Waals surface area contributed by atoms with Crippen molar-refractivity contribution in [1.82, 2.24) is 4.90 Å². The number of piperidine rings is 1. The molecule has 2 aromatic rings. The molecule has 0 bridgehead atoms. The maximum absolute atomic E-state index is 12.7. The van der Waals surface area contributed by atoms with Gasteiger partial charge in [-0.25, -0.2) is 0 Å². The number of carbonyl (C=O) groups excluding carboxylic acids is 1. The molecule has 0 aliphatic carbocycles. The van der Waals surface area contributed by atoms with Gasteiger partial charge in [-0.05, 0) is 54.9 Å². The lowest BCUT2D eigenvalue weighted by Gasteiger charge is -2.28. The number of benzene rings is 2. The molecular formula is C19H23NO2. The van der Waals surface area contributed by atoms with Gasteiger partial charge < -0.3 is 10.0 Å². The third-order valence-corrected chi connectivity index (χ3v) is 4.54. The summed E-state index contributed by atoms with van der Waals surface area (Å²) in [6.45, 7) is 5.12. The smallest absolute Gasteiger partial charge is 0.166 e. The van der Waals surface area contributed by atoms with Gasteiger partial charge in [0.25, 0.3) is 0 Å². The first-order valence-electron chi connectivity index (χ1n) is 8.13. The van der Waals surface area contributed by atoms with Crippen LogP contribution in [0.1, 0.15) is 36.5 Å². The maximum atomic E-state index is 12.7. The molecule has 1 N–H and O–H groups in total. The molecular weight excluding hydrogens is 274 g/mol. The highest BCUT2D eigenvalue weighted by atomic mass is 16.3. The Bertz CT molecular complexity index is 674. The lowest BCUT2D eigenvalue weighted by Crippen LogP contribution is -2.35. The fourth-order valence-corrected chi connectivity index (χ4v) is 3.28. The number of Topliss-reactive ketones (excluding diaryl/α,β-unsaturated/α-hetero) is 1. The SMILES string of the molecule is CC(CN1CCCCC1)C(=O)c1ccc2cc(O)ccc2c1. The first-order valence-corrected chi connectivity index (χ1v) is 8.13. The number of hydrogen-bond acceptors (Lipinski definition) is 3. The number of carbonyl (C=O) groups is 1. The van der Waals surface area contributed by atoms with E-state index < -0.39 is 0 Å². The number of hydrogen-bond donors (Lipinski definition) is 1. The maximum Gasteiger partial charge on any atom is 0.166 e. The lowest BCUT2D eigenvalue weighted by atomic mass is 9.96. The van der Waals surface area contributed by atoms with E-state index in [1.807, 2.05) is 31.2 Å². The Morgan fingerprint density at radius 3 is 2.55 bits per heavy atom.